The summed E-state index contributed by atoms with van der Waals surface area (Å²) in [6.45, 7) is 4.19. The van der Waals surface area contributed by atoms with Gasteiger partial charge in [-0.2, -0.15) is 0 Å². The number of rotatable bonds is 6. The number of hydrogen-bond donors (Lipinski definition) is 1. The Bertz CT molecular complexity index is 540. The van der Waals surface area contributed by atoms with E-state index in [4.69, 9.17) is 9.47 Å². The summed E-state index contributed by atoms with van der Waals surface area (Å²) in [5.41, 5.74) is 0.773. The third-order valence-corrected chi connectivity index (χ3v) is 4.31. The maximum absolute atomic E-state index is 12.4. The fraction of sp³-hybridized carbons (Fsp3) is 0.556. The van der Waals surface area contributed by atoms with Crippen LogP contribution in [-0.2, 0) is 14.3 Å². The number of Topliss-reactive ketones (excluding diaryl/α,β-unsaturated/α-hetero) is 1. The molecular formula is C18H25NO4. The van der Waals surface area contributed by atoms with Gasteiger partial charge in [-0.1, -0.05) is 6.92 Å². The van der Waals surface area contributed by atoms with E-state index in [9.17, 15) is 9.59 Å². The van der Waals surface area contributed by atoms with Crippen LogP contribution in [0.4, 0.5) is 5.69 Å². The van der Waals surface area contributed by atoms with Crippen molar-refractivity contribution >= 4 is 17.4 Å². The van der Waals surface area contributed by atoms with Gasteiger partial charge in [-0.15, -0.1) is 0 Å². The molecule has 1 aliphatic carbocycles. The summed E-state index contributed by atoms with van der Waals surface area (Å²) >= 11 is 0. The Morgan fingerprint density at radius 1 is 1.35 bits per heavy atom. The standard InChI is InChI=1S/C18H25NO4/c1-4-23-18(21)17(15-11-12(2)5-10-16(15)20)19-13-6-8-14(22-3)9-7-13/h6-9,12,15,17,19H,4-5,10-11H2,1-3H3/t12?,15-,17-/m0/s1. The number of esters is 1. The first-order valence-electron chi connectivity index (χ1n) is 8.15. The minimum absolute atomic E-state index is 0.141. The number of benzene rings is 1. The summed E-state index contributed by atoms with van der Waals surface area (Å²) in [6, 6.07) is 6.66. The first kappa shape index (κ1) is 17.3. The zero-order chi connectivity index (χ0) is 16.8. The van der Waals surface area contributed by atoms with Crippen molar-refractivity contribution in [1.29, 1.82) is 0 Å². The van der Waals surface area contributed by atoms with Crippen molar-refractivity contribution in [1.82, 2.24) is 0 Å². The van der Waals surface area contributed by atoms with Crippen LogP contribution in [0.3, 0.4) is 0 Å². The Morgan fingerprint density at radius 2 is 2.04 bits per heavy atom. The van der Waals surface area contributed by atoms with E-state index in [1.54, 1.807) is 14.0 Å². The number of nitrogens with one attached hydrogen (secondary N) is 1. The van der Waals surface area contributed by atoms with Gasteiger partial charge in [0.05, 0.1) is 13.7 Å². The average molecular weight is 319 g/mol. The van der Waals surface area contributed by atoms with Crippen molar-refractivity contribution in [3.05, 3.63) is 24.3 Å². The van der Waals surface area contributed by atoms with Gasteiger partial charge in [0.25, 0.3) is 0 Å². The highest BCUT2D eigenvalue weighted by atomic mass is 16.5. The third kappa shape index (κ3) is 4.47. The van der Waals surface area contributed by atoms with E-state index in [0.717, 1.165) is 17.9 Å². The van der Waals surface area contributed by atoms with Gasteiger partial charge >= 0.3 is 5.97 Å². The molecule has 0 heterocycles. The average Bonchev–Trinajstić information content (AvgIpc) is 2.56. The minimum atomic E-state index is -0.640. The topological polar surface area (TPSA) is 64.6 Å². The van der Waals surface area contributed by atoms with Crippen molar-refractivity contribution in [2.24, 2.45) is 11.8 Å². The third-order valence-electron chi connectivity index (χ3n) is 4.31. The van der Waals surface area contributed by atoms with E-state index < -0.39 is 6.04 Å². The smallest absolute Gasteiger partial charge is 0.329 e. The van der Waals surface area contributed by atoms with Crippen LogP contribution in [-0.4, -0.2) is 31.5 Å². The monoisotopic (exact) mass is 319 g/mol. The van der Waals surface area contributed by atoms with Gasteiger partial charge in [-0.3, -0.25) is 4.79 Å². The molecule has 1 unspecified atom stereocenters. The van der Waals surface area contributed by atoms with Crippen LogP contribution in [0.1, 0.15) is 33.1 Å². The predicted molar refractivity (Wildman–Crippen MR) is 88.5 cm³/mol. The lowest BCUT2D eigenvalue weighted by atomic mass is 9.77. The maximum atomic E-state index is 12.4. The zero-order valence-electron chi connectivity index (χ0n) is 14.0. The number of ketones is 1. The first-order chi connectivity index (χ1) is 11.0. The highest BCUT2D eigenvalue weighted by molar-refractivity contribution is 5.91. The molecule has 1 aliphatic rings. The molecule has 0 amide bonds. The summed E-state index contributed by atoms with van der Waals surface area (Å²) in [6.07, 6.45) is 2.14. The van der Waals surface area contributed by atoms with Crippen molar-refractivity contribution in [2.45, 2.75) is 39.2 Å². The zero-order valence-corrected chi connectivity index (χ0v) is 14.0. The Kier molecular flexibility index (Phi) is 6.02. The van der Waals surface area contributed by atoms with Gasteiger partial charge in [0.2, 0.25) is 0 Å². The van der Waals surface area contributed by atoms with Crippen LogP contribution in [0, 0.1) is 11.8 Å². The van der Waals surface area contributed by atoms with Crippen molar-refractivity contribution < 1.29 is 19.1 Å². The minimum Gasteiger partial charge on any atom is -0.497 e. The summed E-state index contributed by atoms with van der Waals surface area (Å²) in [4.78, 5) is 24.7. The Hall–Kier alpha value is -2.04. The molecule has 1 aromatic rings. The van der Waals surface area contributed by atoms with Crippen LogP contribution in [0.5, 0.6) is 5.75 Å². The van der Waals surface area contributed by atoms with Crippen LogP contribution in [0.25, 0.3) is 0 Å². The second-order valence-corrected chi connectivity index (χ2v) is 6.05. The molecule has 1 N–H and O–H groups in total. The summed E-state index contributed by atoms with van der Waals surface area (Å²) in [7, 11) is 1.60. The summed E-state index contributed by atoms with van der Waals surface area (Å²) in [5.74, 6) is 0.621. The summed E-state index contributed by atoms with van der Waals surface area (Å²) < 4.78 is 10.3. The van der Waals surface area contributed by atoms with Crippen molar-refractivity contribution in [3.8, 4) is 5.75 Å². The van der Waals surface area contributed by atoms with E-state index >= 15 is 0 Å². The molecular weight excluding hydrogens is 294 g/mol. The second kappa shape index (κ2) is 7.99. The van der Waals surface area contributed by atoms with Gasteiger partial charge in [-0.25, -0.2) is 4.79 Å². The molecule has 0 aliphatic heterocycles. The largest absolute Gasteiger partial charge is 0.497 e. The summed E-state index contributed by atoms with van der Waals surface area (Å²) in [5, 5.41) is 3.18. The van der Waals surface area contributed by atoms with Crippen LogP contribution in [0.2, 0.25) is 0 Å². The molecule has 0 spiro atoms. The highest BCUT2D eigenvalue weighted by Crippen LogP contribution is 2.30. The molecule has 0 bridgehead atoms. The molecule has 1 saturated carbocycles. The first-order valence-corrected chi connectivity index (χ1v) is 8.15. The van der Waals surface area contributed by atoms with Crippen molar-refractivity contribution in [3.63, 3.8) is 0 Å². The fourth-order valence-corrected chi connectivity index (χ4v) is 3.00. The molecule has 0 radical (unpaired) electrons. The van der Waals surface area contributed by atoms with Crippen LogP contribution >= 0.6 is 0 Å². The van der Waals surface area contributed by atoms with Crippen molar-refractivity contribution in [2.75, 3.05) is 19.0 Å². The predicted octanol–water partition coefficient (Wildman–Crippen LogP) is 3.04. The molecule has 0 saturated heterocycles. The number of methoxy groups -OCH3 is 1. The van der Waals surface area contributed by atoms with Gasteiger partial charge < -0.3 is 14.8 Å². The molecule has 1 aromatic carbocycles. The molecule has 3 atom stereocenters. The molecule has 0 aromatic heterocycles. The quantitative estimate of drug-likeness (QED) is 0.817. The van der Waals surface area contributed by atoms with E-state index in [0.29, 0.717) is 25.4 Å². The molecule has 126 valence electrons. The van der Waals surface area contributed by atoms with Crippen LogP contribution < -0.4 is 10.1 Å². The molecule has 1 fully saturated rings. The lowest BCUT2D eigenvalue weighted by molar-refractivity contribution is -0.148. The van der Waals surface area contributed by atoms with E-state index in [1.807, 2.05) is 24.3 Å². The molecule has 5 nitrogen and oxygen atoms in total. The highest BCUT2D eigenvalue weighted by Gasteiger charge is 2.38. The number of carbonyl (C=O) groups excluding carboxylic acids is 2. The normalized spacial score (nSPS) is 22.3. The van der Waals surface area contributed by atoms with E-state index in [1.165, 1.54) is 0 Å². The second-order valence-electron chi connectivity index (χ2n) is 6.05. The Labute approximate surface area is 137 Å². The van der Waals surface area contributed by atoms with E-state index in [2.05, 4.69) is 12.2 Å². The molecule has 23 heavy (non-hydrogen) atoms. The number of ether oxygens (including phenoxy) is 2. The Balaban J connectivity index is 2.18. The SMILES string of the molecule is CCOC(=O)[C@@H](Nc1ccc(OC)cc1)[C@H]1CC(C)CCC1=O. The van der Waals surface area contributed by atoms with Gasteiger partial charge in [-0.05, 0) is 49.9 Å². The lowest BCUT2D eigenvalue weighted by Gasteiger charge is -2.31. The fourth-order valence-electron chi connectivity index (χ4n) is 3.00. The van der Waals surface area contributed by atoms with Gasteiger partial charge in [0.15, 0.2) is 0 Å². The number of carbonyl (C=O) groups is 2. The molecule has 2 rings (SSSR count). The Morgan fingerprint density at radius 3 is 2.65 bits per heavy atom. The molecule has 5 heteroatoms. The van der Waals surface area contributed by atoms with Gasteiger partial charge in [0, 0.05) is 18.0 Å². The lowest BCUT2D eigenvalue weighted by Crippen LogP contribution is -2.44. The van der Waals surface area contributed by atoms with Gasteiger partial charge in [0.1, 0.15) is 17.6 Å². The van der Waals surface area contributed by atoms with E-state index in [-0.39, 0.29) is 17.7 Å². The van der Waals surface area contributed by atoms with Crippen LogP contribution in [0.15, 0.2) is 24.3 Å². The number of hydrogen-bond acceptors (Lipinski definition) is 5. The number of anilines is 1. The maximum Gasteiger partial charge on any atom is 0.329 e.